The van der Waals surface area contributed by atoms with Gasteiger partial charge in [0.2, 0.25) is 5.95 Å². The molecule has 1 unspecified atom stereocenters. The molecule has 0 aromatic carbocycles. The Labute approximate surface area is 156 Å². The molecule has 1 amide bonds. The number of aromatic nitrogens is 3. The topological polar surface area (TPSA) is 50.5 Å². The highest BCUT2D eigenvalue weighted by atomic mass is 35.5. The number of carbonyl (C=O) groups excluding carboxylic acids is 1. The summed E-state index contributed by atoms with van der Waals surface area (Å²) in [5.74, 6) is -1.17. The van der Waals surface area contributed by atoms with Crippen LogP contribution in [0.2, 0.25) is 5.02 Å². The third-order valence-corrected chi connectivity index (χ3v) is 4.64. The predicted octanol–water partition coefficient (Wildman–Crippen LogP) is 4.53. The highest BCUT2D eigenvalue weighted by Crippen LogP contribution is 2.27. The third-order valence-electron chi connectivity index (χ3n) is 4.41. The van der Waals surface area contributed by atoms with Crippen molar-refractivity contribution in [2.75, 3.05) is 7.05 Å². The van der Waals surface area contributed by atoms with E-state index >= 15 is 0 Å². The number of unbranched alkanes of at least 4 members (excludes halogenated alkanes) is 1. The molecule has 0 aliphatic rings. The molecule has 0 radical (unpaired) electrons. The van der Waals surface area contributed by atoms with Gasteiger partial charge in [-0.1, -0.05) is 37.4 Å². The van der Waals surface area contributed by atoms with E-state index in [1.54, 1.807) is 36.5 Å². The van der Waals surface area contributed by atoms with Gasteiger partial charge in [-0.2, -0.15) is 4.39 Å². The summed E-state index contributed by atoms with van der Waals surface area (Å²) in [4.78, 5) is 22.8. The molecule has 7 heteroatoms. The summed E-state index contributed by atoms with van der Waals surface area (Å²) in [7, 11) is 1.67. The summed E-state index contributed by atoms with van der Waals surface area (Å²) in [5.41, 5.74) is 1.05. The molecule has 0 saturated carbocycles. The van der Waals surface area contributed by atoms with Crippen molar-refractivity contribution in [3.63, 3.8) is 0 Å². The summed E-state index contributed by atoms with van der Waals surface area (Å²) in [5, 5.41) is 0.373. The molecule has 0 saturated heterocycles. The Morgan fingerprint density at radius 3 is 2.88 bits per heavy atom. The predicted molar refractivity (Wildman–Crippen MR) is 98.8 cm³/mol. The number of fused-ring (bicyclic) bond motifs is 1. The summed E-state index contributed by atoms with van der Waals surface area (Å²) in [6.45, 7) is 2.09. The van der Waals surface area contributed by atoms with Crippen LogP contribution in [0.1, 0.15) is 48.3 Å². The number of amides is 1. The van der Waals surface area contributed by atoms with Crippen LogP contribution in [0.25, 0.3) is 5.65 Å². The van der Waals surface area contributed by atoms with E-state index in [0.29, 0.717) is 10.7 Å². The molecule has 3 aromatic heterocycles. The first-order valence-electron chi connectivity index (χ1n) is 8.53. The van der Waals surface area contributed by atoms with Crippen LogP contribution in [0.3, 0.4) is 0 Å². The number of imidazole rings is 1. The van der Waals surface area contributed by atoms with Gasteiger partial charge in [-0.05, 0) is 30.2 Å². The number of carbonyl (C=O) groups is 1. The standard InChI is InChI=1S/C19H20ClFN4O/c1-3-4-7-15(13-6-5-10-22-11-13)24(2)19(26)17-18(21)25-12-14(20)8-9-16(25)23-17/h5-6,8-12,15H,3-4,7H2,1-2H3. The molecule has 1 atom stereocenters. The Balaban J connectivity index is 1.95. The highest BCUT2D eigenvalue weighted by molar-refractivity contribution is 6.30. The summed E-state index contributed by atoms with van der Waals surface area (Å²) < 4.78 is 15.9. The first kappa shape index (κ1) is 18.3. The van der Waals surface area contributed by atoms with E-state index in [0.717, 1.165) is 24.8 Å². The molecule has 3 aromatic rings. The first-order valence-corrected chi connectivity index (χ1v) is 8.91. The SMILES string of the molecule is CCCCC(c1cccnc1)N(C)C(=O)c1nc2ccc(Cl)cn2c1F. The molecule has 0 bridgehead atoms. The maximum Gasteiger partial charge on any atom is 0.277 e. The molecule has 26 heavy (non-hydrogen) atoms. The fourth-order valence-electron chi connectivity index (χ4n) is 2.99. The molecule has 3 rings (SSSR count). The molecule has 0 fully saturated rings. The Morgan fingerprint density at radius 2 is 2.19 bits per heavy atom. The zero-order valence-corrected chi connectivity index (χ0v) is 15.4. The molecule has 5 nitrogen and oxygen atoms in total. The minimum Gasteiger partial charge on any atom is -0.333 e. The molecule has 0 aliphatic heterocycles. The summed E-state index contributed by atoms with van der Waals surface area (Å²) in [6.07, 6.45) is 7.55. The van der Waals surface area contributed by atoms with Crippen molar-refractivity contribution in [3.8, 4) is 0 Å². The van der Waals surface area contributed by atoms with Crippen molar-refractivity contribution in [3.05, 3.63) is 65.1 Å². The number of nitrogens with zero attached hydrogens (tertiary/aromatic N) is 4. The van der Waals surface area contributed by atoms with Gasteiger partial charge in [0.25, 0.3) is 5.91 Å². The molecular weight excluding hydrogens is 355 g/mol. The maximum atomic E-state index is 14.7. The average Bonchev–Trinajstić information content (AvgIpc) is 2.98. The lowest BCUT2D eigenvalue weighted by Crippen LogP contribution is -2.32. The number of halogens is 2. The van der Waals surface area contributed by atoms with Crippen LogP contribution in [0.4, 0.5) is 4.39 Å². The molecule has 0 aliphatic carbocycles. The van der Waals surface area contributed by atoms with Gasteiger partial charge in [-0.25, -0.2) is 4.98 Å². The van der Waals surface area contributed by atoms with Crippen LogP contribution >= 0.6 is 11.6 Å². The van der Waals surface area contributed by atoms with Crippen molar-refractivity contribution in [1.82, 2.24) is 19.3 Å². The van der Waals surface area contributed by atoms with Crippen molar-refractivity contribution >= 4 is 23.2 Å². The van der Waals surface area contributed by atoms with E-state index in [2.05, 4.69) is 16.9 Å². The number of rotatable bonds is 6. The Bertz CT molecular complexity index is 913. The fraction of sp³-hybridized carbons (Fsp3) is 0.316. The van der Waals surface area contributed by atoms with Crippen LogP contribution < -0.4 is 0 Å². The fourth-order valence-corrected chi connectivity index (χ4v) is 3.15. The zero-order chi connectivity index (χ0) is 18.7. The minimum atomic E-state index is -0.709. The van der Waals surface area contributed by atoms with Crippen LogP contribution in [0.15, 0.2) is 42.9 Å². The second-order valence-electron chi connectivity index (χ2n) is 6.19. The van der Waals surface area contributed by atoms with E-state index in [9.17, 15) is 9.18 Å². The number of hydrogen-bond donors (Lipinski definition) is 0. The average molecular weight is 375 g/mol. The van der Waals surface area contributed by atoms with Crippen molar-refractivity contribution in [2.24, 2.45) is 0 Å². The van der Waals surface area contributed by atoms with E-state index in [1.807, 2.05) is 12.1 Å². The zero-order valence-electron chi connectivity index (χ0n) is 14.7. The van der Waals surface area contributed by atoms with Gasteiger partial charge in [0, 0.05) is 25.6 Å². The lowest BCUT2D eigenvalue weighted by Gasteiger charge is -2.28. The molecular formula is C19H20ClFN4O. The van der Waals surface area contributed by atoms with Gasteiger partial charge in [0.1, 0.15) is 5.65 Å². The van der Waals surface area contributed by atoms with Crippen molar-refractivity contribution in [1.29, 1.82) is 0 Å². The van der Waals surface area contributed by atoms with Gasteiger partial charge in [-0.3, -0.25) is 14.2 Å². The van der Waals surface area contributed by atoms with Crippen molar-refractivity contribution in [2.45, 2.75) is 32.2 Å². The van der Waals surface area contributed by atoms with Crippen molar-refractivity contribution < 1.29 is 9.18 Å². The van der Waals surface area contributed by atoms with Gasteiger partial charge in [0.15, 0.2) is 5.69 Å². The highest BCUT2D eigenvalue weighted by Gasteiger charge is 2.27. The van der Waals surface area contributed by atoms with E-state index in [-0.39, 0.29) is 11.7 Å². The Morgan fingerprint density at radius 1 is 1.38 bits per heavy atom. The van der Waals surface area contributed by atoms with E-state index in [1.165, 1.54) is 10.6 Å². The second-order valence-corrected chi connectivity index (χ2v) is 6.62. The van der Waals surface area contributed by atoms with Crippen LogP contribution in [-0.2, 0) is 0 Å². The molecule has 3 heterocycles. The lowest BCUT2D eigenvalue weighted by atomic mass is 10.0. The summed E-state index contributed by atoms with van der Waals surface area (Å²) in [6, 6.07) is 6.76. The quantitative estimate of drug-likeness (QED) is 0.637. The lowest BCUT2D eigenvalue weighted by molar-refractivity contribution is 0.0709. The number of hydrogen-bond acceptors (Lipinski definition) is 3. The molecule has 0 spiro atoms. The smallest absolute Gasteiger partial charge is 0.277 e. The Kier molecular flexibility index (Phi) is 5.52. The van der Waals surface area contributed by atoms with Crippen LogP contribution in [-0.4, -0.2) is 32.2 Å². The second kappa shape index (κ2) is 7.83. The summed E-state index contributed by atoms with van der Waals surface area (Å²) >= 11 is 5.91. The first-order chi connectivity index (χ1) is 12.5. The normalized spacial score (nSPS) is 12.3. The minimum absolute atomic E-state index is 0.191. The van der Waals surface area contributed by atoms with E-state index < -0.39 is 11.9 Å². The number of pyridine rings is 2. The van der Waals surface area contributed by atoms with Gasteiger partial charge < -0.3 is 4.90 Å². The largest absolute Gasteiger partial charge is 0.333 e. The molecule has 136 valence electrons. The molecule has 0 N–H and O–H groups in total. The van der Waals surface area contributed by atoms with Gasteiger partial charge >= 0.3 is 0 Å². The van der Waals surface area contributed by atoms with E-state index in [4.69, 9.17) is 11.6 Å². The van der Waals surface area contributed by atoms with Crippen LogP contribution in [0.5, 0.6) is 0 Å². The van der Waals surface area contributed by atoms with Gasteiger partial charge in [0.05, 0.1) is 11.1 Å². The monoisotopic (exact) mass is 374 g/mol. The maximum absolute atomic E-state index is 14.7. The van der Waals surface area contributed by atoms with Crippen LogP contribution in [0, 0.1) is 5.95 Å². The van der Waals surface area contributed by atoms with Gasteiger partial charge in [-0.15, -0.1) is 0 Å². The Hall–Kier alpha value is -2.47. The third kappa shape index (κ3) is 3.55.